The lowest BCUT2D eigenvalue weighted by molar-refractivity contribution is -0.137. The number of nitrogens with zero attached hydrogens (tertiary/aromatic N) is 6. The van der Waals surface area contributed by atoms with Gasteiger partial charge in [-0.15, -0.1) is 0 Å². The Kier molecular flexibility index (Phi) is 7.02. The number of anilines is 1. The number of piperazine rings is 1. The van der Waals surface area contributed by atoms with Gasteiger partial charge in [0.15, 0.2) is 0 Å². The molecule has 35 heavy (non-hydrogen) atoms. The van der Waals surface area contributed by atoms with Crippen LogP contribution in [0.3, 0.4) is 0 Å². The molecule has 1 saturated heterocycles. The van der Waals surface area contributed by atoms with Crippen molar-refractivity contribution in [2.45, 2.75) is 46.5 Å². The van der Waals surface area contributed by atoms with E-state index in [1.807, 2.05) is 18.7 Å². The van der Waals surface area contributed by atoms with E-state index in [0.717, 1.165) is 0 Å². The Labute approximate surface area is 205 Å². The minimum absolute atomic E-state index is 0.0766. The summed E-state index contributed by atoms with van der Waals surface area (Å²) < 4.78 is 47.7. The highest BCUT2D eigenvalue weighted by atomic mass is 32.1. The normalized spacial score (nSPS) is 16.6. The number of hydrogen-bond donors (Lipinski definition) is 0. The largest absolute Gasteiger partial charge is 0.494 e. The molecule has 4 rings (SSSR count). The average molecular weight is 509 g/mol. The Morgan fingerprint density at radius 1 is 1.17 bits per heavy atom. The van der Waals surface area contributed by atoms with Gasteiger partial charge in [-0.05, 0) is 52.0 Å². The zero-order chi connectivity index (χ0) is 25.3. The van der Waals surface area contributed by atoms with E-state index in [9.17, 15) is 18.0 Å². The summed E-state index contributed by atoms with van der Waals surface area (Å²) in [6.45, 7) is 9.06. The third-order valence-electron chi connectivity index (χ3n) is 5.77. The second-order valence-electron chi connectivity index (χ2n) is 8.37. The fraction of sp³-hybridized carbons (Fsp3) is 0.478. The summed E-state index contributed by atoms with van der Waals surface area (Å²) >= 11 is 0.634. The van der Waals surface area contributed by atoms with Crippen molar-refractivity contribution in [2.24, 2.45) is 0 Å². The maximum atomic E-state index is 13.6. The van der Waals surface area contributed by atoms with E-state index < -0.39 is 11.2 Å². The minimum Gasteiger partial charge on any atom is -0.494 e. The van der Waals surface area contributed by atoms with Crippen molar-refractivity contribution in [3.8, 4) is 17.0 Å². The second kappa shape index (κ2) is 9.84. The van der Waals surface area contributed by atoms with Crippen LogP contribution in [0.2, 0.25) is 0 Å². The van der Waals surface area contributed by atoms with Crippen molar-refractivity contribution in [3.63, 3.8) is 0 Å². The van der Waals surface area contributed by atoms with Crippen LogP contribution in [0.4, 0.5) is 18.2 Å². The summed E-state index contributed by atoms with van der Waals surface area (Å²) in [7, 11) is 0. The van der Waals surface area contributed by atoms with E-state index in [1.54, 1.807) is 47.7 Å². The molecule has 1 aliphatic heterocycles. The van der Waals surface area contributed by atoms with Crippen LogP contribution >= 0.6 is 11.3 Å². The zero-order valence-corrected chi connectivity index (χ0v) is 20.8. The van der Waals surface area contributed by atoms with Crippen LogP contribution in [0.5, 0.6) is 5.75 Å². The molecule has 0 N–H and O–H groups in total. The van der Waals surface area contributed by atoms with Gasteiger partial charge in [-0.1, -0.05) is 11.3 Å². The highest BCUT2D eigenvalue weighted by Gasteiger charge is 2.38. The van der Waals surface area contributed by atoms with Crippen LogP contribution in [0, 0.1) is 13.8 Å². The summed E-state index contributed by atoms with van der Waals surface area (Å²) in [5, 5.41) is 3.80. The number of ether oxygens (including phenoxy) is 1. The molecule has 0 saturated carbocycles. The molecule has 0 aliphatic carbocycles. The van der Waals surface area contributed by atoms with E-state index >= 15 is 0 Å². The van der Waals surface area contributed by atoms with Gasteiger partial charge in [-0.2, -0.15) is 18.3 Å². The Balaban J connectivity index is 1.55. The van der Waals surface area contributed by atoms with Crippen molar-refractivity contribution in [2.75, 3.05) is 31.1 Å². The number of aromatic nitrogens is 4. The molecule has 1 amide bonds. The Morgan fingerprint density at radius 2 is 1.89 bits per heavy atom. The lowest BCUT2D eigenvalue weighted by Crippen LogP contribution is -2.54. The van der Waals surface area contributed by atoms with Crippen LogP contribution in [-0.2, 0) is 17.5 Å². The van der Waals surface area contributed by atoms with E-state index in [0.29, 0.717) is 65.5 Å². The molecule has 1 atom stereocenters. The van der Waals surface area contributed by atoms with Gasteiger partial charge in [0.1, 0.15) is 34.6 Å². The average Bonchev–Trinajstić information content (AvgIpc) is 3.37. The number of carbonyl (C=O) groups excluding carboxylic acids is 1. The number of hydrogen-bond acceptors (Lipinski definition) is 7. The topological polar surface area (TPSA) is 76.4 Å². The summed E-state index contributed by atoms with van der Waals surface area (Å²) in [5.41, 5.74) is 0.865. The maximum Gasteiger partial charge on any atom is 0.443 e. The Hall–Kier alpha value is -3.15. The van der Waals surface area contributed by atoms with Gasteiger partial charge in [0.25, 0.3) is 0 Å². The Morgan fingerprint density at radius 3 is 2.46 bits per heavy atom. The number of aryl methyl sites for hydroxylation is 2. The molecule has 3 aromatic rings. The number of rotatable bonds is 6. The third-order valence-corrected chi connectivity index (χ3v) is 6.93. The zero-order valence-electron chi connectivity index (χ0n) is 20.0. The van der Waals surface area contributed by atoms with Crippen molar-refractivity contribution < 1.29 is 22.7 Å². The fourth-order valence-electron chi connectivity index (χ4n) is 4.15. The van der Waals surface area contributed by atoms with Gasteiger partial charge in [0.05, 0.1) is 6.61 Å². The molecule has 1 aliphatic rings. The predicted molar refractivity (Wildman–Crippen MR) is 127 cm³/mol. The molecular weight excluding hydrogens is 481 g/mol. The van der Waals surface area contributed by atoms with Gasteiger partial charge in [-0.3, -0.25) is 4.79 Å². The standard InChI is InChI=1S/C23H27F3N6O2S/c1-5-34-18-8-6-17(7-9-18)20-21(35-22(28-20)23(24,25)26)30-10-11-31(14(2)12-30)19(33)13-32-16(4)27-15(3)29-32/h6-9,14H,5,10-13H2,1-4H3/t14-/m1/s1. The molecule has 0 spiro atoms. The number of benzene rings is 1. The van der Waals surface area contributed by atoms with Crippen LogP contribution in [0.1, 0.15) is 30.5 Å². The molecule has 8 nitrogen and oxygen atoms in total. The molecule has 188 valence electrons. The lowest BCUT2D eigenvalue weighted by Gasteiger charge is -2.40. The van der Waals surface area contributed by atoms with E-state index in [-0.39, 0.29) is 24.2 Å². The lowest BCUT2D eigenvalue weighted by atomic mass is 10.1. The molecule has 1 fully saturated rings. The van der Waals surface area contributed by atoms with Crippen molar-refractivity contribution in [1.82, 2.24) is 24.6 Å². The van der Waals surface area contributed by atoms with Gasteiger partial charge < -0.3 is 14.5 Å². The molecule has 2 aromatic heterocycles. The minimum atomic E-state index is -4.54. The fourth-order valence-corrected chi connectivity index (χ4v) is 5.14. The molecule has 1 aromatic carbocycles. The monoisotopic (exact) mass is 508 g/mol. The molecule has 12 heteroatoms. The van der Waals surface area contributed by atoms with E-state index in [1.165, 1.54) is 0 Å². The number of thiazole rings is 1. The number of carbonyl (C=O) groups is 1. The smallest absolute Gasteiger partial charge is 0.443 e. The summed E-state index contributed by atoms with van der Waals surface area (Å²) in [5.74, 6) is 1.80. The second-order valence-corrected chi connectivity index (χ2v) is 9.35. The predicted octanol–water partition coefficient (Wildman–Crippen LogP) is 4.17. The summed E-state index contributed by atoms with van der Waals surface area (Å²) in [6, 6.07) is 6.68. The van der Waals surface area contributed by atoms with Crippen LogP contribution in [0.15, 0.2) is 24.3 Å². The maximum absolute atomic E-state index is 13.6. The molecule has 0 bridgehead atoms. The van der Waals surface area contributed by atoms with Crippen molar-refractivity contribution in [3.05, 3.63) is 40.9 Å². The molecule has 3 heterocycles. The first-order chi connectivity index (χ1) is 16.6. The van der Waals surface area contributed by atoms with Gasteiger partial charge in [-0.25, -0.2) is 14.6 Å². The SMILES string of the molecule is CCOc1ccc(-c2nc(C(F)(F)F)sc2N2CCN(C(=O)Cn3nc(C)nc3C)[C@H](C)C2)cc1. The van der Waals surface area contributed by atoms with Gasteiger partial charge in [0, 0.05) is 31.2 Å². The third kappa shape index (κ3) is 5.42. The van der Waals surface area contributed by atoms with Gasteiger partial charge in [0.2, 0.25) is 10.9 Å². The first kappa shape index (κ1) is 25.0. The molecule has 0 unspecified atom stereocenters. The van der Waals surface area contributed by atoms with Crippen LogP contribution in [-0.4, -0.2) is 62.8 Å². The first-order valence-electron chi connectivity index (χ1n) is 11.3. The van der Waals surface area contributed by atoms with E-state index in [2.05, 4.69) is 15.1 Å². The van der Waals surface area contributed by atoms with Gasteiger partial charge >= 0.3 is 6.18 Å². The van der Waals surface area contributed by atoms with Crippen molar-refractivity contribution in [1.29, 1.82) is 0 Å². The summed E-state index contributed by atoms with van der Waals surface area (Å²) in [6.07, 6.45) is -4.54. The van der Waals surface area contributed by atoms with E-state index in [4.69, 9.17) is 4.74 Å². The highest BCUT2D eigenvalue weighted by molar-refractivity contribution is 7.16. The van der Waals surface area contributed by atoms with Crippen LogP contribution < -0.4 is 9.64 Å². The summed E-state index contributed by atoms with van der Waals surface area (Å²) in [4.78, 5) is 24.8. The number of amides is 1. The van der Waals surface area contributed by atoms with Crippen molar-refractivity contribution >= 4 is 22.2 Å². The van der Waals surface area contributed by atoms with Crippen LogP contribution in [0.25, 0.3) is 11.3 Å². The first-order valence-corrected chi connectivity index (χ1v) is 12.1. The number of halogens is 3. The molecule has 0 radical (unpaired) electrons. The highest BCUT2D eigenvalue weighted by Crippen LogP contribution is 2.43. The Bertz CT molecular complexity index is 1190. The molecular formula is C23H27F3N6O2S. The quantitative estimate of drug-likeness (QED) is 0.498. The number of alkyl halides is 3.